The Labute approximate surface area is 105 Å². The van der Waals surface area contributed by atoms with Crippen LogP contribution in [0.2, 0.25) is 0 Å². The highest BCUT2D eigenvalue weighted by atomic mass is 16.6. The Balaban J connectivity index is 2.75. The lowest BCUT2D eigenvalue weighted by atomic mass is 10.1. The third-order valence-corrected chi connectivity index (χ3v) is 2.62. The normalized spacial score (nSPS) is 11.9. The summed E-state index contributed by atoms with van der Waals surface area (Å²) in [7, 11) is 0. The van der Waals surface area contributed by atoms with Crippen LogP contribution in [0.1, 0.15) is 30.1 Å². The molecule has 6 heteroatoms. The lowest BCUT2D eigenvalue weighted by Crippen LogP contribution is -2.13. The summed E-state index contributed by atoms with van der Waals surface area (Å²) < 4.78 is 0. The molecule has 1 unspecified atom stereocenters. The van der Waals surface area contributed by atoms with E-state index in [0.717, 1.165) is 0 Å². The Morgan fingerprint density at radius 2 is 2.28 bits per heavy atom. The van der Waals surface area contributed by atoms with Crippen molar-refractivity contribution < 1.29 is 14.8 Å². The number of nitrogens with one attached hydrogen (secondary N) is 1. The molecule has 6 nitrogen and oxygen atoms in total. The van der Waals surface area contributed by atoms with Crippen LogP contribution in [0, 0.1) is 10.1 Å². The smallest absolute Gasteiger partial charge is 0.293 e. The fraction of sp³-hybridized carbons (Fsp3) is 0.417. The standard InChI is InChI=1S/C12H16N2O4/c1-2-10(16)5-6-13-11-4-3-9(8-15)7-12(11)14(17)18/h3-4,7-8,10,13,16H,2,5-6H2,1H3. The molecule has 1 aromatic rings. The molecular formula is C12H16N2O4. The Morgan fingerprint density at radius 1 is 1.56 bits per heavy atom. The van der Waals surface area contributed by atoms with Crippen molar-refractivity contribution in [1.82, 2.24) is 0 Å². The van der Waals surface area contributed by atoms with E-state index in [1.807, 2.05) is 6.92 Å². The average molecular weight is 252 g/mol. The number of hydrogen-bond acceptors (Lipinski definition) is 5. The minimum atomic E-state index is -0.536. The van der Waals surface area contributed by atoms with Crippen molar-refractivity contribution >= 4 is 17.7 Å². The van der Waals surface area contributed by atoms with E-state index >= 15 is 0 Å². The summed E-state index contributed by atoms with van der Waals surface area (Å²) in [4.78, 5) is 20.9. The van der Waals surface area contributed by atoms with Gasteiger partial charge in [-0.3, -0.25) is 14.9 Å². The molecular weight excluding hydrogens is 236 g/mol. The fourth-order valence-electron chi connectivity index (χ4n) is 1.50. The highest BCUT2D eigenvalue weighted by molar-refractivity contribution is 5.79. The first-order valence-corrected chi connectivity index (χ1v) is 5.74. The molecule has 0 fully saturated rings. The zero-order valence-electron chi connectivity index (χ0n) is 10.1. The van der Waals surface area contributed by atoms with Crippen LogP contribution in [-0.2, 0) is 0 Å². The van der Waals surface area contributed by atoms with Crippen molar-refractivity contribution in [3.05, 3.63) is 33.9 Å². The minimum absolute atomic E-state index is 0.134. The van der Waals surface area contributed by atoms with Crippen LogP contribution in [-0.4, -0.2) is 29.0 Å². The number of nitro groups is 1. The van der Waals surface area contributed by atoms with Crippen LogP contribution in [0.15, 0.2) is 18.2 Å². The number of carbonyl (C=O) groups is 1. The zero-order chi connectivity index (χ0) is 13.5. The molecule has 0 radical (unpaired) electrons. The Hall–Kier alpha value is -1.95. The number of nitro benzene ring substituents is 1. The molecule has 0 aromatic heterocycles. The van der Waals surface area contributed by atoms with E-state index in [2.05, 4.69) is 5.32 Å². The van der Waals surface area contributed by atoms with Gasteiger partial charge >= 0.3 is 0 Å². The third kappa shape index (κ3) is 3.81. The van der Waals surface area contributed by atoms with Crippen molar-refractivity contribution in [2.45, 2.75) is 25.9 Å². The maximum atomic E-state index is 10.8. The molecule has 2 N–H and O–H groups in total. The quantitative estimate of drug-likeness (QED) is 0.439. The minimum Gasteiger partial charge on any atom is -0.393 e. The van der Waals surface area contributed by atoms with E-state index in [1.165, 1.54) is 18.2 Å². The molecule has 0 saturated heterocycles. The molecule has 0 aliphatic rings. The van der Waals surface area contributed by atoms with Crippen molar-refractivity contribution in [2.75, 3.05) is 11.9 Å². The maximum absolute atomic E-state index is 10.8. The number of anilines is 1. The van der Waals surface area contributed by atoms with Gasteiger partial charge in [0.2, 0.25) is 0 Å². The Morgan fingerprint density at radius 3 is 2.83 bits per heavy atom. The second-order valence-electron chi connectivity index (χ2n) is 3.93. The van der Waals surface area contributed by atoms with Crippen LogP contribution >= 0.6 is 0 Å². The third-order valence-electron chi connectivity index (χ3n) is 2.62. The monoisotopic (exact) mass is 252 g/mol. The summed E-state index contributed by atoms with van der Waals surface area (Å²) in [6, 6.07) is 4.24. The lowest BCUT2D eigenvalue weighted by molar-refractivity contribution is -0.384. The molecule has 1 aromatic carbocycles. The summed E-state index contributed by atoms with van der Waals surface area (Å²) in [5.41, 5.74) is 0.486. The molecule has 0 heterocycles. The molecule has 0 spiro atoms. The van der Waals surface area contributed by atoms with Crippen LogP contribution < -0.4 is 5.32 Å². The van der Waals surface area contributed by atoms with E-state index in [0.29, 0.717) is 31.4 Å². The van der Waals surface area contributed by atoms with Gasteiger partial charge in [0.1, 0.15) is 12.0 Å². The van der Waals surface area contributed by atoms with Crippen molar-refractivity contribution in [1.29, 1.82) is 0 Å². The van der Waals surface area contributed by atoms with Gasteiger partial charge in [-0.25, -0.2) is 0 Å². The van der Waals surface area contributed by atoms with Crippen molar-refractivity contribution in [3.63, 3.8) is 0 Å². The van der Waals surface area contributed by atoms with E-state index in [9.17, 15) is 20.0 Å². The highest BCUT2D eigenvalue weighted by Gasteiger charge is 2.14. The number of benzene rings is 1. The predicted octanol–water partition coefficient (Wildman–Crippen LogP) is 1.98. The van der Waals surface area contributed by atoms with E-state index < -0.39 is 11.0 Å². The van der Waals surface area contributed by atoms with Crippen molar-refractivity contribution in [2.24, 2.45) is 0 Å². The topological polar surface area (TPSA) is 92.5 Å². The summed E-state index contributed by atoms with van der Waals surface area (Å²) in [6.45, 7) is 2.31. The average Bonchev–Trinajstić information content (AvgIpc) is 2.38. The van der Waals surface area contributed by atoms with Gasteiger partial charge in [0, 0.05) is 18.2 Å². The fourth-order valence-corrected chi connectivity index (χ4v) is 1.50. The number of aliphatic hydroxyl groups is 1. The first-order chi connectivity index (χ1) is 8.58. The number of carbonyl (C=O) groups excluding carboxylic acids is 1. The van der Waals surface area contributed by atoms with Gasteiger partial charge in [-0.05, 0) is 25.0 Å². The number of rotatable bonds is 7. The lowest BCUT2D eigenvalue weighted by Gasteiger charge is -2.10. The molecule has 0 bridgehead atoms. The van der Waals surface area contributed by atoms with Gasteiger partial charge in [-0.1, -0.05) is 6.92 Å². The molecule has 0 amide bonds. The second-order valence-corrected chi connectivity index (χ2v) is 3.93. The van der Waals surface area contributed by atoms with E-state index in [1.54, 1.807) is 0 Å². The van der Waals surface area contributed by atoms with E-state index in [-0.39, 0.29) is 11.3 Å². The molecule has 0 aliphatic carbocycles. The molecule has 18 heavy (non-hydrogen) atoms. The summed E-state index contributed by atoms with van der Waals surface area (Å²) in [5, 5.41) is 23.1. The van der Waals surface area contributed by atoms with Gasteiger partial charge in [0.05, 0.1) is 11.0 Å². The molecule has 0 saturated carbocycles. The highest BCUT2D eigenvalue weighted by Crippen LogP contribution is 2.25. The van der Waals surface area contributed by atoms with Crippen LogP contribution in [0.3, 0.4) is 0 Å². The van der Waals surface area contributed by atoms with Crippen molar-refractivity contribution in [3.8, 4) is 0 Å². The maximum Gasteiger partial charge on any atom is 0.293 e. The zero-order valence-corrected chi connectivity index (χ0v) is 10.1. The van der Waals surface area contributed by atoms with Gasteiger partial charge in [-0.15, -0.1) is 0 Å². The van der Waals surface area contributed by atoms with Gasteiger partial charge in [-0.2, -0.15) is 0 Å². The molecule has 0 aliphatic heterocycles. The largest absolute Gasteiger partial charge is 0.393 e. The Bertz CT molecular complexity index is 434. The predicted molar refractivity (Wildman–Crippen MR) is 67.9 cm³/mol. The first kappa shape index (κ1) is 14.1. The van der Waals surface area contributed by atoms with Crippen LogP contribution in [0.4, 0.5) is 11.4 Å². The van der Waals surface area contributed by atoms with E-state index in [4.69, 9.17) is 0 Å². The van der Waals surface area contributed by atoms with Crippen LogP contribution in [0.5, 0.6) is 0 Å². The van der Waals surface area contributed by atoms with Gasteiger partial charge < -0.3 is 10.4 Å². The number of hydrogen-bond donors (Lipinski definition) is 2. The number of aldehydes is 1. The summed E-state index contributed by atoms with van der Waals surface area (Å²) in [6.07, 6.45) is 1.32. The SMILES string of the molecule is CCC(O)CCNc1ccc(C=O)cc1[N+](=O)[O-]. The van der Waals surface area contributed by atoms with Gasteiger partial charge in [0.15, 0.2) is 0 Å². The second kappa shape index (κ2) is 6.70. The van der Waals surface area contributed by atoms with Crippen LogP contribution in [0.25, 0.3) is 0 Å². The number of nitrogens with zero attached hydrogens (tertiary/aromatic N) is 1. The molecule has 1 rings (SSSR count). The first-order valence-electron chi connectivity index (χ1n) is 5.74. The molecule has 1 atom stereocenters. The van der Waals surface area contributed by atoms with Gasteiger partial charge in [0.25, 0.3) is 5.69 Å². The summed E-state index contributed by atoms with van der Waals surface area (Å²) in [5.74, 6) is 0. The Kier molecular flexibility index (Phi) is 5.26. The summed E-state index contributed by atoms with van der Waals surface area (Å²) >= 11 is 0. The molecule has 98 valence electrons. The number of aliphatic hydroxyl groups excluding tert-OH is 1.